The van der Waals surface area contributed by atoms with E-state index >= 15 is 0 Å². The van der Waals surface area contributed by atoms with Crippen LogP contribution < -0.4 is 19.7 Å². The van der Waals surface area contributed by atoms with Crippen LogP contribution in [0.2, 0.25) is 0 Å². The third kappa shape index (κ3) is 6.84. The van der Waals surface area contributed by atoms with Gasteiger partial charge in [-0.2, -0.15) is 5.26 Å². The molecule has 7 heteroatoms. The summed E-state index contributed by atoms with van der Waals surface area (Å²) in [6.07, 6.45) is 0.297. The van der Waals surface area contributed by atoms with Crippen LogP contribution in [0.5, 0.6) is 17.2 Å². The molecule has 168 valence electrons. The largest absolute Gasteiger partial charge is 0.493 e. The lowest BCUT2D eigenvalue weighted by Crippen LogP contribution is -2.32. The van der Waals surface area contributed by atoms with Crippen LogP contribution >= 0.6 is 0 Å². The molecule has 0 radical (unpaired) electrons. The number of nitrogens with one attached hydrogen (secondary N) is 1. The summed E-state index contributed by atoms with van der Waals surface area (Å²) in [6.45, 7) is 0.286. The lowest BCUT2D eigenvalue weighted by molar-refractivity contribution is -0.122. The van der Waals surface area contributed by atoms with E-state index in [0.717, 1.165) is 0 Å². The van der Waals surface area contributed by atoms with E-state index in [1.807, 2.05) is 48.5 Å². The minimum atomic E-state index is -0.268. The van der Waals surface area contributed by atoms with Gasteiger partial charge < -0.3 is 19.7 Å². The molecule has 0 atom stereocenters. The lowest BCUT2D eigenvalue weighted by atomic mass is 10.2. The second-order valence-electron chi connectivity index (χ2n) is 7.11. The number of methoxy groups -OCH3 is 1. The number of hydrogen-bond acceptors (Lipinski definition) is 5. The molecule has 0 fully saturated rings. The molecule has 0 heterocycles. The number of para-hydroxylation sites is 3. The Morgan fingerprint density at radius 2 is 1.58 bits per heavy atom. The highest BCUT2D eigenvalue weighted by molar-refractivity contribution is 5.98. The third-order valence-electron chi connectivity index (χ3n) is 4.82. The van der Waals surface area contributed by atoms with Crippen molar-refractivity contribution in [2.75, 3.05) is 23.9 Å². The van der Waals surface area contributed by atoms with E-state index in [-0.39, 0.29) is 37.6 Å². The molecule has 0 saturated carbocycles. The number of amides is 2. The maximum atomic E-state index is 12.7. The zero-order chi connectivity index (χ0) is 23.5. The SMILES string of the molecule is COc1ccccc1Oc1ccc(NC(=O)CCC(=O)N(CCC#N)c2ccccc2)cc1. The monoisotopic (exact) mass is 443 g/mol. The maximum Gasteiger partial charge on any atom is 0.227 e. The van der Waals surface area contributed by atoms with Gasteiger partial charge in [0.05, 0.1) is 19.6 Å². The first-order valence-electron chi connectivity index (χ1n) is 10.5. The summed E-state index contributed by atoms with van der Waals surface area (Å²) >= 11 is 0. The van der Waals surface area contributed by atoms with Crippen molar-refractivity contribution in [2.24, 2.45) is 0 Å². The highest BCUT2D eigenvalue weighted by Crippen LogP contribution is 2.31. The molecular formula is C26H25N3O4. The number of nitrogens with zero attached hydrogens (tertiary/aromatic N) is 2. The molecule has 0 bridgehead atoms. The van der Waals surface area contributed by atoms with Gasteiger partial charge >= 0.3 is 0 Å². The number of carbonyl (C=O) groups excluding carboxylic acids is 2. The predicted molar refractivity (Wildman–Crippen MR) is 126 cm³/mol. The number of carbonyl (C=O) groups is 2. The number of hydrogen-bond donors (Lipinski definition) is 1. The topological polar surface area (TPSA) is 91.7 Å². The van der Waals surface area contributed by atoms with Gasteiger partial charge in [0.25, 0.3) is 0 Å². The number of benzene rings is 3. The Morgan fingerprint density at radius 1 is 0.909 bits per heavy atom. The van der Waals surface area contributed by atoms with E-state index in [0.29, 0.717) is 28.6 Å². The molecular weight excluding hydrogens is 418 g/mol. The van der Waals surface area contributed by atoms with Crippen molar-refractivity contribution in [1.82, 2.24) is 0 Å². The molecule has 2 amide bonds. The molecule has 0 aliphatic carbocycles. The van der Waals surface area contributed by atoms with Crippen LogP contribution in [0.4, 0.5) is 11.4 Å². The Bertz CT molecular complexity index is 1110. The van der Waals surface area contributed by atoms with Crippen LogP contribution in [0, 0.1) is 11.3 Å². The number of rotatable bonds is 10. The average Bonchev–Trinajstić information content (AvgIpc) is 2.85. The van der Waals surface area contributed by atoms with Crippen LogP contribution in [-0.4, -0.2) is 25.5 Å². The maximum absolute atomic E-state index is 12.7. The van der Waals surface area contributed by atoms with Crippen LogP contribution in [0.1, 0.15) is 19.3 Å². The fraction of sp³-hybridized carbons (Fsp3) is 0.192. The summed E-state index contributed by atoms with van der Waals surface area (Å²) in [7, 11) is 1.58. The quantitative estimate of drug-likeness (QED) is 0.468. The van der Waals surface area contributed by atoms with Gasteiger partial charge in [0.15, 0.2) is 11.5 Å². The second-order valence-corrected chi connectivity index (χ2v) is 7.11. The molecule has 7 nitrogen and oxygen atoms in total. The van der Waals surface area contributed by atoms with E-state index in [9.17, 15) is 9.59 Å². The second kappa shape index (κ2) is 11.9. The third-order valence-corrected chi connectivity index (χ3v) is 4.82. The summed E-state index contributed by atoms with van der Waals surface area (Å²) in [6, 6.07) is 25.5. The van der Waals surface area contributed by atoms with Crippen molar-refractivity contribution in [3.05, 3.63) is 78.9 Å². The normalized spacial score (nSPS) is 10.1. The molecule has 1 N–H and O–H groups in total. The Morgan fingerprint density at radius 3 is 2.24 bits per heavy atom. The molecule has 0 aromatic heterocycles. The number of nitriles is 1. The highest BCUT2D eigenvalue weighted by Gasteiger charge is 2.17. The smallest absolute Gasteiger partial charge is 0.227 e. The molecule has 33 heavy (non-hydrogen) atoms. The number of anilines is 2. The van der Waals surface area contributed by atoms with Gasteiger partial charge in [-0.1, -0.05) is 30.3 Å². The zero-order valence-corrected chi connectivity index (χ0v) is 18.4. The first-order chi connectivity index (χ1) is 16.1. The lowest BCUT2D eigenvalue weighted by Gasteiger charge is -2.21. The van der Waals surface area contributed by atoms with Gasteiger partial charge in [-0.15, -0.1) is 0 Å². The summed E-state index contributed by atoms with van der Waals surface area (Å²) in [4.78, 5) is 26.6. The van der Waals surface area contributed by atoms with Gasteiger partial charge in [-0.25, -0.2) is 0 Å². The van der Waals surface area contributed by atoms with Crippen LogP contribution in [0.15, 0.2) is 78.9 Å². The van der Waals surface area contributed by atoms with E-state index in [1.54, 1.807) is 42.3 Å². The Balaban J connectivity index is 1.53. The standard InChI is InChI=1S/C26H25N3O4/c1-32-23-10-5-6-11-24(23)33-22-14-12-20(13-15-22)28-25(30)16-17-26(31)29(19-7-18-27)21-8-3-2-4-9-21/h2-6,8-15H,7,16-17,19H2,1H3,(H,28,30). The average molecular weight is 444 g/mol. The Labute approximate surface area is 193 Å². The van der Waals surface area contributed by atoms with E-state index in [4.69, 9.17) is 14.7 Å². The first kappa shape index (κ1) is 23.4. The van der Waals surface area contributed by atoms with Crippen LogP contribution in [0.3, 0.4) is 0 Å². The van der Waals surface area contributed by atoms with Gasteiger partial charge in [0.2, 0.25) is 11.8 Å². The van der Waals surface area contributed by atoms with Crippen molar-refractivity contribution in [3.63, 3.8) is 0 Å². The van der Waals surface area contributed by atoms with Crippen molar-refractivity contribution >= 4 is 23.2 Å². The fourth-order valence-electron chi connectivity index (χ4n) is 3.18. The fourth-order valence-corrected chi connectivity index (χ4v) is 3.18. The summed E-state index contributed by atoms with van der Waals surface area (Å²) in [5.41, 5.74) is 1.31. The number of ether oxygens (including phenoxy) is 2. The minimum Gasteiger partial charge on any atom is -0.493 e. The van der Waals surface area contributed by atoms with E-state index in [1.165, 1.54) is 0 Å². The molecule has 3 aromatic rings. The molecule has 0 aliphatic heterocycles. The molecule has 0 saturated heterocycles. The van der Waals surface area contributed by atoms with Gasteiger partial charge in [-0.05, 0) is 48.5 Å². The summed E-state index contributed by atoms with van der Waals surface area (Å²) in [5, 5.41) is 11.7. The molecule has 0 unspecified atom stereocenters. The van der Waals surface area contributed by atoms with Crippen molar-refractivity contribution in [2.45, 2.75) is 19.3 Å². The van der Waals surface area contributed by atoms with Crippen LogP contribution in [0.25, 0.3) is 0 Å². The molecule has 0 aliphatic rings. The van der Waals surface area contributed by atoms with Crippen molar-refractivity contribution < 1.29 is 19.1 Å². The zero-order valence-electron chi connectivity index (χ0n) is 18.4. The Hall–Kier alpha value is -4.31. The van der Waals surface area contributed by atoms with Gasteiger partial charge in [0.1, 0.15) is 5.75 Å². The highest BCUT2D eigenvalue weighted by atomic mass is 16.5. The minimum absolute atomic E-state index is 0.0359. The van der Waals surface area contributed by atoms with E-state index in [2.05, 4.69) is 11.4 Å². The van der Waals surface area contributed by atoms with Gasteiger partial charge in [0, 0.05) is 30.8 Å². The molecule has 3 rings (SSSR count). The molecule has 0 spiro atoms. The predicted octanol–water partition coefficient (Wildman–Crippen LogP) is 5.15. The van der Waals surface area contributed by atoms with Crippen molar-refractivity contribution in [1.29, 1.82) is 5.26 Å². The first-order valence-corrected chi connectivity index (χ1v) is 10.5. The van der Waals surface area contributed by atoms with Gasteiger partial charge in [-0.3, -0.25) is 9.59 Å². The van der Waals surface area contributed by atoms with Crippen molar-refractivity contribution in [3.8, 4) is 23.3 Å². The van der Waals surface area contributed by atoms with Crippen LogP contribution in [-0.2, 0) is 9.59 Å². The summed E-state index contributed by atoms with van der Waals surface area (Å²) in [5.74, 6) is 1.35. The van der Waals surface area contributed by atoms with E-state index < -0.39 is 0 Å². The summed E-state index contributed by atoms with van der Waals surface area (Å²) < 4.78 is 11.1. The Kier molecular flexibility index (Phi) is 8.43. The molecule has 3 aromatic carbocycles.